The highest BCUT2D eigenvalue weighted by molar-refractivity contribution is 5.78. The summed E-state index contributed by atoms with van der Waals surface area (Å²) in [6, 6.07) is 0.320. The fraction of sp³-hybridized carbons (Fsp3) is 0.867. The van der Waals surface area contributed by atoms with Crippen LogP contribution in [0.1, 0.15) is 51.4 Å². The van der Waals surface area contributed by atoms with E-state index in [9.17, 15) is 9.59 Å². The lowest BCUT2D eigenvalue weighted by atomic mass is 9.97. The maximum atomic E-state index is 12.0. The molecule has 20 heavy (non-hydrogen) atoms. The van der Waals surface area contributed by atoms with Crippen LogP contribution in [0.5, 0.6) is 0 Å². The number of aliphatic carboxylic acids is 1. The third kappa shape index (κ3) is 4.78. The van der Waals surface area contributed by atoms with Crippen molar-refractivity contribution >= 4 is 11.9 Å². The van der Waals surface area contributed by atoms with Crippen molar-refractivity contribution in [3.63, 3.8) is 0 Å². The van der Waals surface area contributed by atoms with Crippen LogP contribution in [0.3, 0.4) is 0 Å². The molecular weight excluding hydrogens is 256 g/mol. The Morgan fingerprint density at radius 2 is 1.70 bits per heavy atom. The first kappa shape index (κ1) is 15.3. The van der Waals surface area contributed by atoms with Gasteiger partial charge in [0.25, 0.3) is 0 Å². The zero-order valence-corrected chi connectivity index (χ0v) is 12.1. The second-order valence-corrected chi connectivity index (χ2v) is 6.17. The number of hydrogen-bond donors (Lipinski definition) is 2. The highest BCUT2D eigenvalue weighted by Crippen LogP contribution is 2.18. The number of carboxylic acids is 1. The van der Waals surface area contributed by atoms with Crippen LogP contribution in [-0.4, -0.2) is 47.6 Å². The Morgan fingerprint density at radius 3 is 2.30 bits per heavy atom. The fourth-order valence-corrected chi connectivity index (χ4v) is 3.25. The lowest BCUT2D eigenvalue weighted by Gasteiger charge is -2.22. The average Bonchev–Trinajstić information content (AvgIpc) is 2.81. The van der Waals surface area contributed by atoms with Crippen molar-refractivity contribution in [3.8, 4) is 0 Å². The normalized spacial score (nSPS) is 25.9. The summed E-state index contributed by atoms with van der Waals surface area (Å²) in [6.45, 7) is 1.57. The predicted molar refractivity (Wildman–Crippen MR) is 76.4 cm³/mol. The van der Waals surface area contributed by atoms with Crippen LogP contribution < -0.4 is 5.32 Å². The molecule has 2 fully saturated rings. The number of nitrogens with zero attached hydrogens (tertiary/aromatic N) is 1. The molecule has 0 aromatic rings. The molecule has 5 heteroatoms. The highest BCUT2D eigenvalue weighted by atomic mass is 16.4. The smallest absolute Gasteiger partial charge is 0.307 e. The van der Waals surface area contributed by atoms with Gasteiger partial charge in [-0.3, -0.25) is 14.5 Å². The quantitative estimate of drug-likeness (QED) is 0.822. The molecule has 1 unspecified atom stereocenters. The standard InChI is InChI=1S/C15H26N2O3/c18-14(11-17-9-8-12(10-17)15(19)20)16-13-6-4-2-1-3-5-7-13/h12-13H,1-11H2,(H,16,18)(H,19,20). The zero-order valence-electron chi connectivity index (χ0n) is 12.1. The van der Waals surface area contributed by atoms with Gasteiger partial charge in [0.1, 0.15) is 0 Å². The van der Waals surface area contributed by atoms with Crippen LogP contribution in [0.25, 0.3) is 0 Å². The van der Waals surface area contributed by atoms with Gasteiger partial charge < -0.3 is 10.4 Å². The van der Waals surface area contributed by atoms with Gasteiger partial charge in [0.15, 0.2) is 0 Å². The van der Waals surface area contributed by atoms with Crippen LogP contribution in [0.4, 0.5) is 0 Å². The molecule has 1 heterocycles. The van der Waals surface area contributed by atoms with Crippen molar-refractivity contribution in [2.45, 2.75) is 57.4 Å². The summed E-state index contributed by atoms with van der Waals surface area (Å²) in [4.78, 5) is 24.9. The predicted octanol–water partition coefficient (Wildman–Crippen LogP) is 1.62. The summed E-state index contributed by atoms with van der Waals surface area (Å²) in [5.41, 5.74) is 0. The molecule has 1 atom stereocenters. The van der Waals surface area contributed by atoms with Crippen LogP contribution >= 0.6 is 0 Å². The summed E-state index contributed by atoms with van der Waals surface area (Å²) < 4.78 is 0. The number of amides is 1. The SMILES string of the molecule is O=C(CN1CCC(C(=O)O)C1)NC1CCCCCCC1. The van der Waals surface area contributed by atoms with Crippen molar-refractivity contribution in [2.75, 3.05) is 19.6 Å². The molecule has 1 saturated carbocycles. The van der Waals surface area contributed by atoms with Gasteiger partial charge in [0.2, 0.25) is 5.91 Å². The molecule has 0 aromatic heterocycles. The maximum Gasteiger partial charge on any atom is 0.307 e. The largest absolute Gasteiger partial charge is 0.481 e. The molecule has 0 bridgehead atoms. The van der Waals surface area contributed by atoms with Crippen LogP contribution in [0, 0.1) is 5.92 Å². The summed E-state index contributed by atoms with van der Waals surface area (Å²) in [5.74, 6) is -0.987. The van der Waals surface area contributed by atoms with Crippen LogP contribution in [-0.2, 0) is 9.59 Å². The van der Waals surface area contributed by atoms with E-state index >= 15 is 0 Å². The molecule has 0 aromatic carbocycles. The van der Waals surface area contributed by atoms with Gasteiger partial charge in [-0.2, -0.15) is 0 Å². The number of carbonyl (C=O) groups excluding carboxylic acids is 1. The lowest BCUT2D eigenvalue weighted by Crippen LogP contribution is -2.42. The fourth-order valence-electron chi connectivity index (χ4n) is 3.25. The van der Waals surface area contributed by atoms with E-state index in [1.807, 2.05) is 4.90 Å². The molecular formula is C15H26N2O3. The Kier molecular flexibility index (Phi) is 5.83. The molecule has 0 spiro atoms. The summed E-state index contributed by atoms with van der Waals surface area (Å²) in [5, 5.41) is 12.1. The van der Waals surface area contributed by atoms with E-state index in [2.05, 4.69) is 5.32 Å². The molecule has 2 rings (SSSR count). The van der Waals surface area contributed by atoms with Gasteiger partial charge in [0, 0.05) is 12.6 Å². The molecule has 1 aliphatic heterocycles. The number of carboxylic acid groups (broad SMARTS) is 1. The molecule has 1 saturated heterocycles. The Labute approximate surface area is 120 Å². The van der Waals surface area contributed by atoms with Gasteiger partial charge in [-0.05, 0) is 25.8 Å². The minimum Gasteiger partial charge on any atom is -0.481 e. The number of likely N-dealkylation sites (tertiary alicyclic amines) is 1. The first-order valence-electron chi connectivity index (χ1n) is 7.89. The molecule has 2 N–H and O–H groups in total. The first-order valence-corrected chi connectivity index (χ1v) is 7.89. The van der Waals surface area contributed by atoms with Crippen LogP contribution in [0.15, 0.2) is 0 Å². The number of nitrogens with one attached hydrogen (secondary N) is 1. The third-order valence-corrected chi connectivity index (χ3v) is 4.46. The lowest BCUT2D eigenvalue weighted by molar-refractivity contribution is -0.141. The summed E-state index contributed by atoms with van der Waals surface area (Å²) in [7, 11) is 0. The monoisotopic (exact) mass is 282 g/mol. The summed E-state index contributed by atoms with van der Waals surface area (Å²) >= 11 is 0. The van der Waals surface area contributed by atoms with Crippen molar-refractivity contribution in [2.24, 2.45) is 5.92 Å². The first-order chi connectivity index (χ1) is 9.65. The van der Waals surface area contributed by atoms with E-state index in [4.69, 9.17) is 5.11 Å². The zero-order chi connectivity index (χ0) is 14.4. The van der Waals surface area contributed by atoms with Gasteiger partial charge in [-0.1, -0.05) is 32.1 Å². The van der Waals surface area contributed by atoms with Gasteiger partial charge in [-0.15, -0.1) is 0 Å². The Balaban J connectivity index is 1.70. The van der Waals surface area contributed by atoms with E-state index in [0.717, 1.165) is 19.4 Å². The van der Waals surface area contributed by atoms with Gasteiger partial charge in [-0.25, -0.2) is 0 Å². The van der Waals surface area contributed by atoms with Crippen molar-refractivity contribution in [3.05, 3.63) is 0 Å². The Bertz CT molecular complexity index is 338. The topological polar surface area (TPSA) is 69.6 Å². The second kappa shape index (κ2) is 7.62. The number of hydrogen-bond acceptors (Lipinski definition) is 3. The molecule has 1 aliphatic carbocycles. The third-order valence-electron chi connectivity index (χ3n) is 4.46. The molecule has 1 amide bonds. The maximum absolute atomic E-state index is 12.0. The van der Waals surface area contributed by atoms with E-state index < -0.39 is 5.97 Å². The minimum atomic E-state index is -0.743. The minimum absolute atomic E-state index is 0.0570. The van der Waals surface area contributed by atoms with E-state index in [0.29, 0.717) is 25.6 Å². The Morgan fingerprint density at radius 1 is 1.05 bits per heavy atom. The molecule has 2 aliphatic rings. The number of carbonyl (C=O) groups is 2. The number of rotatable bonds is 4. The summed E-state index contributed by atoms with van der Waals surface area (Å²) in [6.07, 6.45) is 9.12. The molecule has 0 radical (unpaired) electrons. The van der Waals surface area contributed by atoms with E-state index in [1.165, 1.54) is 32.1 Å². The second-order valence-electron chi connectivity index (χ2n) is 6.17. The molecule has 5 nitrogen and oxygen atoms in total. The Hall–Kier alpha value is -1.10. The van der Waals surface area contributed by atoms with Crippen molar-refractivity contribution in [1.82, 2.24) is 10.2 Å². The van der Waals surface area contributed by atoms with Crippen molar-refractivity contribution in [1.29, 1.82) is 0 Å². The highest BCUT2D eigenvalue weighted by Gasteiger charge is 2.29. The van der Waals surface area contributed by atoms with Gasteiger partial charge in [0.05, 0.1) is 12.5 Å². The van der Waals surface area contributed by atoms with Crippen LogP contribution in [0.2, 0.25) is 0 Å². The van der Waals surface area contributed by atoms with Crippen molar-refractivity contribution < 1.29 is 14.7 Å². The van der Waals surface area contributed by atoms with Gasteiger partial charge >= 0.3 is 5.97 Å². The average molecular weight is 282 g/mol. The molecule has 114 valence electrons. The van der Waals surface area contributed by atoms with E-state index in [-0.39, 0.29) is 11.8 Å². The van der Waals surface area contributed by atoms with E-state index in [1.54, 1.807) is 0 Å².